The van der Waals surface area contributed by atoms with Gasteiger partial charge in [-0.2, -0.15) is 0 Å². The Bertz CT molecular complexity index is 474. The number of carboxylic acids is 6. The third kappa shape index (κ3) is 114. The normalized spacial score (nSPS) is 10.2. The summed E-state index contributed by atoms with van der Waals surface area (Å²) in [6, 6.07) is 0. The van der Waals surface area contributed by atoms with E-state index >= 15 is 0 Å². The predicted octanol–water partition coefficient (Wildman–Crippen LogP) is -13.2. The van der Waals surface area contributed by atoms with Crippen LogP contribution in [0.5, 0.6) is 0 Å². The fraction of sp³-hybridized carbons (Fsp3) is 0.600. The van der Waals surface area contributed by atoms with Crippen LogP contribution in [0, 0.1) is 0 Å². The van der Waals surface area contributed by atoms with Crippen LogP contribution in [0.25, 0.3) is 0 Å². The second-order valence-electron chi connectivity index (χ2n) is 4.58. The van der Waals surface area contributed by atoms with Crippen molar-refractivity contribution in [2.75, 3.05) is 19.8 Å². The van der Waals surface area contributed by atoms with E-state index in [1.165, 1.54) is 0 Å². The van der Waals surface area contributed by atoms with Crippen molar-refractivity contribution in [2.24, 2.45) is 0 Å². The van der Waals surface area contributed by atoms with Crippen LogP contribution in [0.15, 0.2) is 0 Å². The molecule has 0 amide bonds. The average molecular weight is 546 g/mol. The molecule has 3 unspecified atom stereocenters. The van der Waals surface area contributed by atoms with Crippen molar-refractivity contribution in [1.29, 1.82) is 0 Å². The Morgan fingerprint density at radius 1 is 0.486 bits per heavy atom. The third-order valence-corrected chi connectivity index (χ3v) is 1.41. The van der Waals surface area contributed by atoms with E-state index in [1.807, 2.05) is 0 Å². The van der Waals surface area contributed by atoms with Crippen molar-refractivity contribution in [3.8, 4) is 0 Å². The number of carboxylic acid groups (broad SMARTS) is 6. The molecule has 20 heteroatoms. The Balaban J connectivity index is -0.0000000413. The van der Waals surface area contributed by atoms with Gasteiger partial charge < -0.3 is 90.0 Å². The molecule has 0 aromatic rings. The zero-order chi connectivity index (χ0) is 28.3. The Morgan fingerprint density at radius 3 is 0.543 bits per heavy atom. The van der Waals surface area contributed by atoms with Gasteiger partial charge in [-0.05, 0) is 20.8 Å². The Morgan fingerprint density at radius 2 is 0.543 bits per heavy atom. The van der Waals surface area contributed by atoms with Crippen LogP contribution in [0.2, 0.25) is 0 Å². The van der Waals surface area contributed by atoms with Gasteiger partial charge in [0.1, 0.15) is 0 Å². The fourth-order valence-corrected chi connectivity index (χ4v) is 0. The van der Waals surface area contributed by atoms with E-state index in [4.69, 9.17) is 60.3 Å². The van der Waals surface area contributed by atoms with Crippen molar-refractivity contribution in [1.82, 2.24) is 0 Å². The molecule has 0 bridgehead atoms. The van der Waals surface area contributed by atoms with Crippen LogP contribution in [0.3, 0.4) is 0 Å². The number of aliphatic hydroxyl groups is 6. The molecule has 0 saturated carbocycles. The SMILES string of the molecule is CC(O)C(=O)[O-].CC(O)C(=O)[O-].CC(O)C(=O)[O-].O=C([O-])CO.O=C([O-])CO.O=C([O-])CO.[Al+3].[Al+3]. The Labute approximate surface area is 219 Å². The summed E-state index contributed by atoms with van der Waals surface area (Å²) in [5.74, 6) is -8.62. The maximum absolute atomic E-state index is 9.34. The maximum Gasteiger partial charge on any atom is 3.00 e. The first-order chi connectivity index (χ1) is 14.7. The zero-order valence-corrected chi connectivity index (χ0v) is 20.9. The van der Waals surface area contributed by atoms with Crippen molar-refractivity contribution >= 4 is 70.5 Å². The van der Waals surface area contributed by atoms with Gasteiger partial charge in [0.25, 0.3) is 0 Å². The van der Waals surface area contributed by atoms with E-state index in [0.29, 0.717) is 0 Å². The van der Waals surface area contributed by atoms with E-state index in [-0.39, 0.29) is 34.7 Å². The minimum atomic E-state index is -1.44. The second-order valence-corrected chi connectivity index (χ2v) is 4.58. The van der Waals surface area contributed by atoms with Gasteiger partial charge in [0.05, 0.1) is 73.9 Å². The van der Waals surface area contributed by atoms with Crippen LogP contribution in [0.1, 0.15) is 20.8 Å². The van der Waals surface area contributed by atoms with E-state index in [0.717, 1.165) is 20.8 Å². The molecule has 0 aliphatic rings. The van der Waals surface area contributed by atoms with Gasteiger partial charge >= 0.3 is 34.7 Å². The van der Waals surface area contributed by atoms with Crippen molar-refractivity contribution in [3.63, 3.8) is 0 Å². The summed E-state index contributed by atoms with van der Waals surface area (Å²) in [4.78, 5) is 55.0. The molecule has 0 aliphatic heterocycles. The molecule has 0 rings (SSSR count). The largest absolute Gasteiger partial charge is 3.00 e. The molecule has 3 atom stereocenters. The molecule has 6 N–H and O–H groups in total. The van der Waals surface area contributed by atoms with Crippen LogP contribution in [0.4, 0.5) is 0 Å². The second kappa shape index (κ2) is 38.9. The van der Waals surface area contributed by atoms with E-state index in [9.17, 15) is 29.7 Å². The molecule has 0 saturated heterocycles. The molecule has 0 spiro atoms. The molecular formula is C15H24Al2O18. The van der Waals surface area contributed by atoms with E-state index in [2.05, 4.69) is 0 Å². The molecule has 0 fully saturated rings. The number of carbonyl (C=O) groups excluding carboxylic acids is 6. The Kier molecular flexibility index (Phi) is 59.8. The number of hydrogen-bond acceptors (Lipinski definition) is 18. The van der Waals surface area contributed by atoms with E-state index in [1.54, 1.807) is 0 Å². The smallest absolute Gasteiger partial charge is 0.548 e. The molecular weight excluding hydrogens is 522 g/mol. The number of aliphatic carboxylic acids is 6. The number of hydrogen-bond donors (Lipinski definition) is 6. The van der Waals surface area contributed by atoms with Gasteiger partial charge in [-0.15, -0.1) is 0 Å². The first kappa shape index (κ1) is 53.8. The summed E-state index contributed by atoms with van der Waals surface area (Å²) in [7, 11) is 0. The number of aliphatic hydroxyl groups excluding tert-OH is 6. The minimum absolute atomic E-state index is 0. The molecule has 0 aromatic carbocycles. The zero-order valence-electron chi connectivity index (χ0n) is 18.6. The monoisotopic (exact) mass is 546 g/mol. The van der Waals surface area contributed by atoms with Gasteiger partial charge in [-0.25, -0.2) is 0 Å². The van der Waals surface area contributed by atoms with Crippen molar-refractivity contribution in [2.45, 2.75) is 39.1 Å². The van der Waals surface area contributed by atoms with Crippen molar-refractivity contribution in [3.05, 3.63) is 0 Å². The van der Waals surface area contributed by atoms with Gasteiger partial charge in [0.15, 0.2) is 0 Å². The summed E-state index contributed by atoms with van der Waals surface area (Å²) in [5.41, 5.74) is 0. The summed E-state index contributed by atoms with van der Waals surface area (Å²) in [5, 5.41) is 101. The quantitative estimate of drug-likeness (QED) is 0.168. The van der Waals surface area contributed by atoms with Gasteiger partial charge in [-0.1, -0.05) is 0 Å². The average Bonchev–Trinajstić information content (AvgIpc) is 2.69. The fourth-order valence-electron chi connectivity index (χ4n) is 0. The summed E-state index contributed by atoms with van der Waals surface area (Å²) >= 11 is 0. The first-order valence-corrected chi connectivity index (χ1v) is 7.83. The van der Waals surface area contributed by atoms with Gasteiger partial charge in [-0.3, -0.25) is 0 Å². The van der Waals surface area contributed by atoms with Gasteiger partial charge in [0, 0.05) is 0 Å². The van der Waals surface area contributed by atoms with Crippen LogP contribution in [-0.2, 0) is 28.8 Å². The topological polar surface area (TPSA) is 362 Å². The Hall–Kier alpha value is -2.36. The molecule has 18 nitrogen and oxygen atoms in total. The molecule has 0 aromatic heterocycles. The molecule has 0 radical (unpaired) electrons. The standard InChI is InChI=1S/3C3H6O3.3C2H4O3.2Al/c3*1-2(4)3(5)6;3*3-1-2(4)5;;/h3*2,4H,1H3,(H,5,6);3*3H,1H2,(H,4,5);;/q;;;;;;2*+3/p-6. The third-order valence-electron chi connectivity index (χ3n) is 1.41. The minimum Gasteiger partial charge on any atom is -0.548 e. The predicted molar refractivity (Wildman–Crippen MR) is 97.8 cm³/mol. The van der Waals surface area contributed by atoms with Gasteiger partial charge in [0.2, 0.25) is 0 Å². The van der Waals surface area contributed by atoms with Crippen LogP contribution >= 0.6 is 0 Å². The molecule has 0 aliphatic carbocycles. The molecule has 198 valence electrons. The molecule has 35 heavy (non-hydrogen) atoms. The molecule has 0 heterocycles. The summed E-state index contributed by atoms with van der Waals surface area (Å²) in [6.07, 6.45) is -4.03. The number of carbonyl (C=O) groups is 6. The first-order valence-electron chi connectivity index (χ1n) is 7.83. The van der Waals surface area contributed by atoms with E-state index < -0.39 is 73.9 Å². The maximum atomic E-state index is 9.34. The summed E-state index contributed by atoms with van der Waals surface area (Å²) in [6.45, 7) is 0.736. The van der Waals surface area contributed by atoms with Crippen LogP contribution in [-0.4, -0.2) is 139 Å². The van der Waals surface area contributed by atoms with Crippen LogP contribution < -0.4 is 30.6 Å². The van der Waals surface area contributed by atoms with Crippen molar-refractivity contribution < 1.29 is 90.0 Å². The number of rotatable bonds is 6. The summed E-state index contributed by atoms with van der Waals surface area (Å²) < 4.78 is 0.